The summed E-state index contributed by atoms with van der Waals surface area (Å²) in [5.41, 5.74) is 2.02. The lowest BCUT2D eigenvalue weighted by Gasteiger charge is -2.35. The van der Waals surface area contributed by atoms with Crippen LogP contribution in [-0.2, 0) is 11.3 Å². The van der Waals surface area contributed by atoms with Crippen LogP contribution in [0.25, 0.3) is 22.2 Å². The van der Waals surface area contributed by atoms with Gasteiger partial charge in [-0.1, -0.05) is 29.5 Å². The lowest BCUT2D eigenvalue weighted by atomic mass is 10.1. The number of nitrogens with zero attached hydrogens (tertiary/aromatic N) is 5. The maximum absolute atomic E-state index is 9.99. The van der Waals surface area contributed by atoms with Gasteiger partial charge in [-0.05, 0) is 62.9 Å². The molecule has 0 amide bonds. The maximum atomic E-state index is 9.99. The first kappa shape index (κ1) is 25.9. The van der Waals surface area contributed by atoms with Crippen LogP contribution in [-0.4, -0.2) is 67.6 Å². The van der Waals surface area contributed by atoms with Gasteiger partial charge in [0.15, 0.2) is 5.13 Å². The fraction of sp³-hybridized carbons (Fsp3) is 0.429. The number of hydrogen-bond donors (Lipinski definition) is 3. The fourth-order valence-corrected chi connectivity index (χ4v) is 6.09. The normalized spacial score (nSPS) is 23.7. The van der Waals surface area contributed by atoms with Crippen molar-refractivity contribution in [2.75, 3.05) is 23.7 Å². The molecule has 0 spiro atoms. The molecule has 3 aromatic heterocycles. The minimum Gasteiger partial charge on any atom is -0.415 e. The largest absolute Gasteiger partial charge is 0.415 e. The molecule has 1 saturated carbocycles. The van der Waals surface area contributed by atoms with Crippen molar-refractivity contribution in [2.45, 2.75) is 64.0 Å². The molecular formula is C28H33N7O3S. The highest BCUT2D eigenvalue weighted by Gasteiger charge is 2.25. The Morgan fingerprint density at radius 2 is 1.79 bits per heavy atom. The Kier molecular flexibility index (Phi) is 7.55. The van der Waals surface area contributed by atoms with Crippen LogP contribution in [0, 0.1) is 0 Å². The number of morpholine rings is 1. The molecular weight excluding hydrogens is 514 g/mol. The van der Waals surface area contributed by atoms with Gasteiger partial charge in [0.2, 0.25) is 5.89 Å². The number of aliphatic hydroxyl groups is 1. The smallest absolute Gasteiger partial charge is 0.259 e. The molecule has 0 bridgehead atoms. The first-order valence-corrected chi connectivity index (χ1v) is 14.2. The average molecular weight is 548 g/mol. The standard InChI is InChI=1S/C28H33N7O3S/c1-17-14-35(15-18(2)37-17)16-19-10-24(30-21-8-9-22(36)12-21)31-25(11-19)32-28-29-13-23(39-28)27-34-33-26(38-27)20-6-4-3-5-7-20/h3-7,10-11,13,17-18,21-22,36H,8-9,12,14-16H2,1-2H3,(H2,29,30,31,32)/t17-,18+,21?,22?. The van der Waals surface area contributed by atoms with Crippen LogP contribution >= 0.6 is 11.3 Å². The summed E-state index contributed by atoms with van der Waals surface area (Å²) >= 11 is 1.43. The molecule has 1 aromatic carbocycles. The minimum atomic E-state index is -0.250. The predicted molar refractivity (Wildman–Crippen MR) is 151 cm³/mol. The molecule has 1 aliphatic heterocycles. The molecule has 4 aromatic rings. The van der Waals surface area contributed by atoms with E-state index in [9.17, 15) is 5.11 Å². The summed E-state index contributed by atoms with van der Waals surface area (Å²) in [6.45, 7) is 6.81. The number of rotatable bonds is 8. The van der Waals surface area contributed by atoms with E-state index in [4.69, 9.17) is 14.1 Å². The number of ether oxygens (including phenoxy) is 1. The second kappa shape index (κ2) is 11.4. The van der Waals surface area contributed by atoms with Gasteiger partial charge in [-0.3, -0.25) is 4.90 Å². The van der Waals surface area contributed by atoms with E-state index in [1.165, 1.54) is 11.3 Å². The number of thiazole rings is 1. The lowest BCUT2D eigenvalue weighted by molar-refractivity contribution is -0.0704. The number of anilines is 3. The summed E-state index contributed by atoms with van der Waals surface area (Å²) in [5, 5.41) is 26.0. The second-order valence-corrected chi connectivity index (χ2v) is 11.5. The summed E-state index contributed by atoms with van der Waals surface area (Å²) < 4.78 is 11.8. The van der Waals surface area contributed by atoms with E-state index < -0.39 is 0 Å². The summed E-state index contributed by atoms with van der Waals surface area (Å²) in [5.74, 6) is 2.41. The number of benzene rings is 1. The highest BCUT2D eigenvalue weighted by atomic mass is 32.1. The number of hydrogen-bond acceptors (Lipinski definition) is 11. The molecule has 204 valence electrons. The van der Waals surface area contributed by atoms with E-state index in [-0.39, 0.29) is 24.4 Å². The zero-order chi connectivity index (χ0) is 26.8. The molecule has 1 aliphatic carbocycles. The average Bonchev–Trinajstić information content (AvgIpc) is 3.65. The van der Waals surface area contributed by atoms with E-state index in [2.05, 4.69) is 56.7 Å². The van der Waals surface area contributed by atoms with Gasteiger partial charge in [-0.2, -0.15) is 0 Å². The SMILES string of the molecule is C[C@@H]1CN(Cc2cc(Nc3ncc(-c4nnc(-c5ccccc5)o4)s3)nc(NC3CCC(O)C3)c2)C[C@H](C)O1. The Morgan fingerprint density at radius 3 is 2.56 bits per heavy atom. The zero-order valence-corrected chi connectivity index (χ0v) is 22.9. The molecule has 11 heteroatoms. The van der Waals surface area contributed by atoms with E-state index in [0.717, 1.165) is 60.7 Å². The Hall–Kier alpha value is -3.38. The van der Waals surface area contributed by atoms with Crippen molar-refractivity contribution < 1.29 is 14.3 Å². The van der Waals surface area contributed by atoms with Crippen molar-refractivity contribution >= 4 is 28.1 Å². The quantitative estimate of drug-likeness (QED) is 0.280. The van der Waals surface area contributed by atoms with Crippen molar-refractivity contribution in [1.82, 2.24) is 25.1 Å². The molecule has 39 heavy (non-hydrogen) atoms. The third-order valence-electron chi connectivity index (χ3n) is 6.94. The van der Waals surface area contributed by atoms with Crippen molar-refractivity contribution in [3.63, 3.8) is 0 Å². The lowest BCUT2D eigenvalue weighted by Crippen LogP contribution is -2.44. The molecule has 2 fully saturated rings. The number of nitrogens with one attached hydrogen (secondary N) is 2. The predicted octanol–water partition coefficient (Wildman–Crippen LogP) is 4.93. The second-order valence-electron chi connectivity index (χ2n) is 10.4. The van der Waals surface area contributed by atoms with Gasteiger partial charge >= 0.3 is 0 Å². The summed E-state index contributed by atoms with van der Waals surface area (Å²) in [6.07, 6.45) is 4.36. The van der Waals surface area contributed by atoms with Crippen molar-refractivity contribution in [2.24, 2.45) is 0 Å². The molecule has 1 saturated heterocycles. The highest BCUT2D eigenvalue weighted by molar-refractivity contribution is 7.18. The summed E-state index contributed by atoms with van der Waals surface area (Å²) in [6, 6.07) is 14.1. The Bertz CT molecular complexity index is 1380. The van der Waals surface area contributed by atoms with E-state index in [1.807, 2.05) is 30.3 Å². The molecule has 2 unspecified atom stereocenters. The minimum absolute atomic E-state index is 0.201. The molecule has 2 aliphatic rings. The van der Waals surface area contributed by atoms with Crippen molar-refractivity contribution in [3.8, 4) is 22.2 Å². The van der Waals surface area contributed by atoms with E-state index >= 15 is 0 Å². The van der Waals surface area contributed by atoms with Crippen LogP contribution in [0.3, 0.4) is 0 Å². The first-order chi connectivity index (χ1) is 19.0. The van der Waals surface area contributed by atoms with Gasteiger partial charge in [0.05, 0.1) is 24.5 Å². The highest BCUT2D eigenvalue weighted by Crippen LogP contribution is 2.32. The fourth-order valence-electron chi connectivity index (χ4n) is 5.35. The third-order valence-corrected chi connectivity index (χ3v) is 7.84. The molecule has 3 N–H and O–H groups in total. The topological polar surface area (TPSA) is 121 Å². The molecule has 4 heterocycles. The Labute approximate surface area is 231 Å². The van der Waals surface area contributed by atoms with Crippen LogP contribution in [0.1, 0.15) is 38.7 Å². The Morgan fingerprint density at radius 1 is 1.03 bits per heavy atom. The van der Waals surface area contributed by atoms with Gasteiger partial charge < -0.3 is 24.9 Å². The van der Waals surface area contributed by atoms with Crippen LogP contribution < -0.4 is 10.6 Å². The van der Waals surface area contributed by atoms with Gasteiger partial charge in [-0.15, -0.1) is 10.2 Å². The third kappa shape index (κ3) is 6.44. The van der Waals surface area contributed by atoms with Crippen LogP contribution in [0.5, 0.6) is 0 Å². The van der Waals surface area contributed by atoms with Crippen LogP contribution in [0.2, 0.25) is 0 Å². The Balaban J connectivity index is 1.21. The number of pyridine rings is 1. The monoisotopic (exact) mass is 547 g/mol. The summed E-state index contributed by atoms with van der Waals surface area (Å²) in [4.78, 5) is 12.6. The molecule has 10 nitrogen and oxygen atoms in total. The van der Waals surface area contributed by atoms with Gasteiger partial charge in [0, 0.05) is 31.2 Å². The van der Waals surface area contributed by atoms with Gasteiger partial charge in [0.1, 0.15) is 16.5 Å². The van der Waals surface area contributed by atoms with Crippen LogP contribution in [0.15, 0.2) is 53.1 Å². The van der Waals surface area contributed by atoms with Crippen molar-refractivity contribution in [3.05, 3.63) is 54.2 Å². The maximum Gasteiger partial charge on any atom is 0.259 e. The van der Waals surface area contributed by atoms with Crippen molar-refractivity contribution in [1.29, 1.82) is 0 Å². The summed E-state index contributed by atoms with van der Waals surface area (Å²) in [7, 11) is 0. The first-order valence-electron chi connectivity index (χ1n) is 13.4. The number of aromatic nitrogens is 4. The van der Waals surface area contributed by atoms with Crippen LogP contribution in [0.4, 0.5) is 16.8 Å². The molecule has 4 atom stereocenters. The zero-order valence-electron chi connectivity index (χ0n) is 22.1. The van der Waals surface area contributed by atoms with Gasteiger partial charge in [0.25, 0.3) is 5.89 Å². The van der Waals surface area contributed by atoms with E-state index in [1.54, 1.807) is 6.20 Å². The molecule has 0 radical (unpaired) electrons. The van der Waals surface area contributed by atoms with Gasteiger partial charge in [-0.25, -0.2) is 9.97 Å². The van der Waals surface area contributed by atoms with E-state index in [0.29, 0.717) is 22.7 Å². The number of aliphatic hydroxyl groups excluding tert-OH is 1. The molecule has 6 rings (SSSR count).